The van der Waals surface area contributed by atoms with E-state index in [1.54, 1.807) is 0 Å². The highest BCUT2D eigenvalue weighted by Crippen LogP contribution is 2.28. The van der Waals surface area contributed by atoms with Crippen LogP contribution in [0.5, 0.6) is 0 Å². The van der Waals surface area contributed by atoms with Crippen LogP contribution in [0.3, 0.4) is 0 Å². The van der Waals surface area contributed by atoms with Crippen LogP contribution in [0.4, 0.5) is 8.78 Å². The Balaban J connectivity index is 1.63. The topological polar surface area (TPSA) is 49.3 Å². The minimum absolute atomic E-state index is 0.0276. The van der Waals surface area contributed by atoms with Crippen LogP contribution in [0.25, 0.3) is 0 Å². The SMILES string of the molecule is O=C(NCC(O)c1ccc(F)cc1F)c1cc2c(s1)CCCCCC2. The molecule has 1 heterocycles. The molecule has 1 aliphatic rings. The molecule has 1 atom stereocenters. The molecule has 1 aliphatic carbocycles. The van der Waals surface area contributed by atoms with Crippen molar-refractivity contribution in [3.63, 3.8) is 0 Å². The van der Waals surface area contributed by atoms with Crippen molar-refractivity contribution < 1.29 is 18.7 Å². The molecule has 134 valence electrons. The number of fused-ring (bicyclic) bond motifs is 1. The van der Waals surface area contributed by atoms with Gasteiger partial charge in [-0.05, 0) is 43.4 Å². The molecule has 0 aliphatic heterocycles. The number of benzene rings is 1. The lowest BCUT2D eigenvalue weighted by atomic mass is 10.00. The van der Waals surface area contributed by atoms with Gasteiger partial charge in [-0.3, -0.25) is 4.79 Å². The minimum atomic E-state index is -1.22. The van der Waals surface area contributed by atoms with Crippen LogP contribution in [0.1, 0.15) is 57.5 Å². The van der Waals surface area contributed by atoms with E-state index in [-0.39, 0.29) is 18.0 Å². The van der Waals surface area contributed by atoms with Gasteiger partial charge in [-0.1, -0.05) is 18.9 Å². The Hall–Kier alpha value is -1.79. The fourth-order valence-corrected chi connectivity index (χ4v) is 4.28. The van der Waals surface area contributed by atoms with E-state index in [0.717, 1.165) is 37.8 Å². The van der Waals surface area contributed by atoms with Gasteiger partial charge < -0.3 is 10.4 Å². The monoisotopic (exact) mass is 365 g/mol. The molecule has 3 rings (SSSR count). The van der Waals surface area contributed by atoms with Gasteiger partial charge >= 0.3 is 0 Å². The molecule has 2 N–H and O–H groups in total. The zero-order valence-electron chi connectivity index (χ0n) is 13.9. The summed E-state index contributed by atoms with van der Waals surface area (Å²) in [6, 6.07) is 4.94. The van der Waals surface area contributed by atoms with Gasteiger partial charge in [0.25, 0.3) is 5.91 Å². The maximum Gasteiger partial charge on any atom is 0.261 e. The first-order valence-corrected chi connectivity index (χ1v) is 9.39. The fourth-order valence-electron chi connectivity index (χ4n) is 3.11. The fraction of sp³-hybridized carbons (Fsp3) is 0.421. The van der Waals surface area contributed by atoms with Crippen molar-refractivity contribution in [1.82, 2.24) is 5.32 Å². The minimum Gasteiger partial charge on any atom is -0.386 e. The van der Waals surface area contributed by atoms with Gasteiger partial charge in [0.05, 0.1) is 11.0 Å². The smallest absolute Gasteiger partial charge is 0.261 e. The number of thiophene rings is 1. The summed E-state index contributed by atoms with van der Waals surface area (Å²) in [6.07, 6.45) is 5.55. The molecule has 0 fully saturated rings. The number of amides is 1. The lowest BCUT2D eigenvalue weighted by Crippen LogP contribution is -2.28. The summed E-state index contributed by atoms with van der Waals surface area (Å²) in [7, 11) is 0. The van der Waals surface area contributed by atoms with E-state index in [0.29, 0.717) is 4.88 Å². The van der Waals surface area contributed by atoms with Crippen LogP contribution in [-0.4, -0.2) is 17.6 Å². The van der Waals surface area contributed by atoms with E-state index in [4.69, 9.17) is 0 Å². The predicted octanol–water partition coefficient (Wildman–Crippen LogP) is 4.15. The zero-order chi connectivity index (χ0) is 17.8. The summed E-state index contributed by atoms with van der Waals surface area (Å²) < 4.78 is 26.6. The highest BCUT2D eigenvalue weighted by atomic mass is 32.1. The number of aliphatic hydroxyl groups excluding tert-OH is 1. The molecule has 0 spiro atoms. The summed E-state index contributed by atoms with van der Waals surface area (Å²) in [5, 5.41) is 12.7. The normalized spacial score (nSPS) is 15.8. The molecule has 1 amide bonds. The number of aryl methyl sites for hydroxylation is 2. The summed E-state index contributed by atoms with van der Waals surface area (Å²) in [5.74, 6) is -1.78. The number of hydrogen-bond acceptors (Lipinski definition) is 3. The number of halogens is 2. The average molecular weight is 365 g/mol. The molecule has 2 aromatic rings. The quantitative estimate of drug-likeness (QED) is 0.855. The Morgan fingerprint density at radius 3 is 2.68 bits per heavy atom. The molecule has 0 saturated carbocycles. The molecule has 1 aromatic carbocycles. The lowest BCUT2D eigenvalue weighted by molar-refractivity contribution is 0.0918. The Morgan fingerprint density at radius 2 is 1.92 bits per heavy atom. The molecule has 0 radical (unpaired) electrons. The standard InChI is InChI=1S/C19H21F2NO2S/c20-13-7-8-14(15(21)10-13)16(23)11-22-19(24)18-9-12-5-3-1-2-4-6-17(12)25-18/h7-10,16,23H,1-6,11H2,(H,22,24). The number of carbonyl (C=O) groups excluding carboxylic acids is 1. The van der Waals surface area contributed by atoms with Crippen LogP contribution in [0.15, 0.2) is 24.3 Å². The largest absolute Gasteiger partial charge is 0.386 e. The lowest BCUT2D eigenvalue weighted by Gasteiger charge is -2.12. The van der Waals surface area contributed by atoms with Crippen LogP contribution < -0.4 is 5.32 Å². The number of nitrogens with one attached hydrogen (secondary N) is 1. The van der Waals surface area contributed by atoms with Gasteiger partial charge in [0.1, 0.15) is 11.6 Å². The highest BCUT2D eigenvalue weighted by Gasteiger charge is 2.18. The van der Waals surface area contributed by atoms with Crippen molar-refractivity contribution in [1.29, 1.82) is 0 Å². The van der Waals surface area contributed by atoms with Crippen molar-refractivity contribution in [2.75, 3.05) is 6.54 Å². The van der Waals surface area contributed by atoms with Gasteiger partial charge in [-0.25, -0.2) is 8.78 Å². The molecular weight excluding hydrogens is 344 g/mol. The van der Waals surface area contributed by atoms with Crippen molar-refractivity contribution in [3.8, 4) is 0 Å². The first-order chi connectivity index (χ1) is 12.0. The van der Waals surface area contributed by atoms with Gasteiger partial charge in [-0.2, -0.15) is 0 Å². The Labute approximate surface area is 149 Å². The first kappa shape index (κ1) is 18.0. The summed E-state index contributed by atoms with van der Waals surface area (Å²) >= 11 is 1.50. The third-order valence-electron chi connectivity index (χ3n) is 4.50. The zero-order valence-corrected chi connectivity index (χ0v) is 14.7. The molecule has 0 bridgehead atoms. The van der Waals surface area contributed by atoms with E-state index < -0.39 is 17.7 Å². The van der Waals surface area contributed by atoms with Crippen molar-refractivity contribution in [3.05, 3.63) is 56.8 Å². The molecule has 1 aromatic heterocycles. The number of hydrogen-bond donors (Lipinski definition) is 2. The van der Waals surface area contributed by atoms with Crippen LogP contribution in [0, 0.1) is 11.6 Å². The van der Waals surface area contributed by atoms with E-state index >= 15 is 0 Å². The van der Waals surface area contributed by atoms with Crippen molar-refractivity contribution in [2.45, 2.75) is 44.6 Å². The molecule has 25 heavy (non-hydrogen) atoms. The van der Waals surface area contributed by atoms with Gasteiger partial charge in [0.2, 0.25) is 0 Å². The first-order valence-electron chi connectivity index (χ1n) is 8.57. The highest BCUT2D eigenvalue weighted by molar-refractivity contribution is 7.14. The Morgan fingerprint density at radius 1 is 1.16 bits per heavy atom. The summed E-state index contributed by atoms with van der Waals surface area (Å²) in [6.45, 7) is -0.121. The maximum absolute atomic E-state index is 13.7. The molecular formula is C19H21F2NO2S. The van der Waals surface area contributed by atoms with Gasteiger partial charge in [0, 0.05) is 23.1 Å². The van der Waals surface area contributed by atoms with E-state index in [9.17, 15) is 18.7 Å². The third-order valence-corrected chi connectivity index (χ3v) is 5.73. The maximum atomic E-state index is 13.7. The number of carbonyl (C=O) groups is 1. The van der Waals surface area contributed by atoms with E-state index in [1.807, 2.05) is 6.07 Å². The van der Waals surface area contributed by atoms with E-state index in [1.165, 1.54) is 40.7 Å². The molecule has 1 unspecified atom stereocenters. The molecule has 6 heteroatoms. The second kappa shape index (κ2) is 8.06. The van der Waals surface area contributed by atoms with E-state index in [2.05, 4.69) is 5.32 Å². The second-order valence-electron chi connectivity index (χ2n) is 6.36. The Bertz CT molecular complexity index is 734. The second-order valence-corrected chi connectivity index (χ2v) is 7.50. The van der Waals surface area contributed by atoms with Crippen LogP contribution in [0.2, 0.25) is 0 Å². The average Bonchev–Trinajstić information content (AvgIpc) is 2.94. The number of rotatable bonds is 4. The molecule has 0 saturated heterocycles. The van der Waals surface area contributed by atoms with Crippen LogP contribution >= 0.6 is 11.3 Å². The summed E-state index contributed by atoms with van der Waals surface area (Å²) in [4.78, 5) is 14.2. The third kappa shape index (κ3) is 4.44. The van der Waals surface area contributed by atoms with Crippen molar-refractivity contribution >= 4 is 17.2 Å². The van der Waals surface area contributed by atoms with Gasteiger partial charge in [-0.15, -0.1) is 11.3 Å². The predicted molar refractivity (Wildman–Crippen MR) is 93.8 cm³/mol. The Kier molecular flexibility index (Phi) is 5.81. The van der Waals surface area contributed by atoms with Crippen molar-refractivity contribution in [2.24, 2.45) is 0 Å². The van der Waals surface area contributed by atoms with Crippen LogP contribution in [-0.2, 0) is 12.8 Å². The molecule has 3 nitrogen and oxygen atoms in total. The summed E-state index contributed by atoms with van der Waals surface area (Å²) in [5.41, 5.74) is 1.22. The van der Waals surface area contributed by atoms with Gasteiger partial charge in [0.15, 0.2) is 0 Å². The number of aliphatic hydroxyl groups is 1.